The average Bonchev–Trinajstić information content (AvgIpc) is 3.11. The summed E-state index contributed by atoms with van der Waals surface area (Å²) in [5.74, 6) is 0.979. The van der Waals surface area contributed by atoms with Crippen molar-refractivity contribution < 1.29 is 9.53 Å². The molecule has 0 spiro atoms. The van der Waals surface area contributed by atoms with Gasteiger partial charge < -0.3 is 10.1 Å². The maximum atomic E-state index is 12.3. The van der Waals surface area contributed by atoms with Crippen molar-refractivity contribution in [3.63, 3.8) is 0 Å². The zero-order valence-electron chi connectivity index (χ0n) is 14.4. The molecule has 1 aromatic heterocycles. The third-order valence-corrected chi connectivity index (χ3v) is 5.19. The standard InChI is InChI=1S/C19H18BrN3O2S/c1-13-10-14(20)6-7-17(13)22-18(24)12-26-19-21-8-9-23(19)15-4-3-5-16(11-15)25-2/h3-11H,12H2,1-2H3,(H,22,24). The van der Waals surface area contributed by atoms with E-state index in [1.807, 2.05) is 60.2 Å². The molecule has 0 aliphatic heterocycles. The van der Waals surface area contributed by atoms with Gasteiger partial charge in [0.15, 0.2) is 5.16 Å². The number of nitrogens with one attached hydrogen (secondary N) is 1. The van der Waals surface area contributed by atoms with Gasteiger partial charge in [-0.05, 0) is 42.8 Å². The lowest BCUT2D eigenvalue weighted by molar-refractivity contribution is -0.113. The van der Waals surface area contributed by atoms with E-state index >= 15 is 0 Å². The molecule has 1 amide bonds. The zero-order valence-corrected chi connectivity index (χ0v) is 16.8. The molecule has 3 aromatic rings. The van der Waals surface area contributed by atoms with Crippen LogP contribution in [0.15, 0.2) is 64.5 Å². The number of benzene rings is 2. The van der Waals surface area contributed by atoms with Crippen molar-refractivity contribution in [3.8, 4) is 11.4 Å². The molecule has 0 radical (unpaired) electrons. The van der Waals surface area contributed by atoms with Crippen molar-refractivity contribution in [3.05, 3.63) is 64.9 Å². The second kappa shape index (κ2) is 8.42. The highest BCUT2D eigenvalue weighted by Crippen LogP contribution is 2.24. The summed E-state index contributed by atoms with van der Waals surface area (Å²) in [5, 5.41) is 3.69. The Labute approximate surface area is 164 Å². The van der Waals surface area contributed by atoms with Gasteiger partial charge in [0.2, 0.25) is 5.91 Å². The van der Waals surface area contributed by atoms with Crippen LogP contribution in [0.25, 0.3) is 5.69 Å². The fraction of sp³-hybridized carbons (Fsp3) is 0.158. The summed E-state index contributed by atoms with van der Waals surface area (Å²) in [4.78, 5) is 16.6. The summed E-state index contributed by atoms with van der Waals surface area (Å²) in [7, 11) is 1.64. The number of imidazole rings is 1. The van der Waals surface area contributed by atoms with E-state index in [4.69, 9.17) is 4.74 Å². The molecule has 0 saturated heterocycles. The smallest absolute Gasteiger partial charge is 0.234 e. The minimum Gasteiger partial charge on any atom is -0.497 e. The molecule has 3 rings (SSSR count). The molecule has 26 heavy (non-hydrogen) atoms. The Balaban J connectivity index is 1.67. The van der Waals surface area contributed by atoms with Gasteiger partial charge in [-0.1, -0.05) is 33.8 Å². The Morgan fingerprint density at radius 1 is 1.31 bits per heavy atom. The first-order valence-electron chi connectivity index (χ1n) is 7.93. The summed E-state index contributed by atoms with van der Waals surface area (Å²) in [6, 6.07) is 13.5. The first-order valence-corrected chi connectivity index (χ1v) is 9.71. The third kappa shape index (κ3) is 4.47. The molecular formula is C19H18BrN3O2S. The van der Waals surface area contributed by atoms with E-state index in [1.54, 1.807) is 13.3 Å². The number of aryl methyl sites for hydroxylation is 1. The van der Waals surface area contributed by atoms with E-state index in [9.17, 15) is 4.79 Å². The second-order valence-electron chi connectivity index (χ2n) is 5.58. The number of amides is 1. The van der Waals surface area contributed by atoms with Crippen LogP contribution >= 0.6 is 27.7 Å². The van der Waals surface area contributed by atoms with Crippen LogP contribution in [0.5, 0.6) is 5.75 Å². The van der Waals surface area contributed by atoms with Gasteiger partial charge in [-0.3, -0.25) is 9.36 Å². The lowest BCUT2D eigenvalue weighted by Crippen LogP contribution is -2.15. The molecule has 2 aromatic carbocycles. The van der Waals surface area contributed by atoms with Gasteiger partial charge in [-0.15, -0.1) is 0 Å². The Bertz CT molecular complexity index is 927. The Morgan fingerprint density at radius 2 is 2.15 bits per heavy atom. The third-order valence-electron chi connectivity index (χ3n) is 3.73. The van der Waals surface area contributed by atoms with Gasteiger partial charge >= 0.3 is 0 Å². The van der Waals surface area contributed by atoms with Crippen LogP contribution in [-0.2, 0) is 4.79 Å². The first-order chi connectivity index (χ1) is 12.6. The van der Waals surface area contributed by atoms with Crippen molar-refractivity contribution >= 4 is 39.3 Å². The number of hydrogen-bond acceptors (Lipinski definition) is 4. The molecule has 1 N–H and O–H groups in total. The molecule has 134 valence electrons. The molecule has 5 nitrogen and oxygen atoms in total. The molecule has 0 saturated carbocycles. The quantitative estimate of drug-likeness (QED) is 0.575. The number of halogens is 1. The predicted octanol–water partition coefficient (Wildman–Crippen LogP) is 4.68. The van der Waals surface area contributed by atoms with Gasteiger partial charge in [0, 0.05) is 28.6 Å². The lowest BCUT2D eigenvalue weighted by Gasteiger charge is -2.10. The van der Waals surface area contributed by atoms with Gasteiger partial charge in [0.25, 0.3) is 0 Å². The average molecular weight is 432 g/mol. The van der Waals surface area contributed by atoms with Crippen LogP contribution in [0, 0.1) is 6.92 Å². The Hall–Kier alpha value is -2.25. The van der Waals surface area contributed by atoms with Crippen LogP contribution in [0.4, 0.5) is 5.69 Å². The van der Waals surface area contributed by atoms with Crippen LogP contribution in [0.2, 0.25) is 0 Å². The van der Waals surface area contributed by atoms with Crippen molar-refractivity contribution in [2.75, 3.05) is 18.2 Å². The second-order valence-corrected chi connectivity index (χ2v) is 7.44. The van der Waals surface area contributed by atoms with Gasteiger partial charge in [-0.25, -0.2) is 4.98 Å². The van der Waals surface area contributed by atoms with Crippen molar-refractivity contribution in [2.24, 2.45) is 0 Å². The minimum absolute atomic E-state index is 0.0689. The van der Waals surface area contributed by atoms with Crippen molar-refractivity contribution in [1.29, 1.82) is 0 Å². The lowest BCUT2D eigenvalue weighted by atomic mass is 10.2. The SMILES string of the molecule is COc1cccc(-n2ccnc2SCC(=O)Nc2ccc(Br)cc2C)c1. The number of thioether (sulfide) groups is 1. The van der Waals surface area contributed by atoms with Crippen LogP contribution in [-0.4, -0.2) is 28.3 Å². The molecule has 0 fully saturated rings. The highest BCUT2D eigenvalue weighted by molar-refractivity contribution is 9.10. The van der Waals surface area contributed by atoms with Gasteiger partial charge in [-0.2, -0.15) is 0 Å². The molecular weight excluding hydrogens is 414 g/mol. The maximum absolute atomic E-state index is 12.3. The van der Waals surface area contributed by atoms with E-state index in [2.05, 4.69) is 26.2 Å². The number of carbonyl (C=O) groups is 1. The van der Waals surface area contributed by atoms with E-state index in [0.717, 1.165) is 32.3 Å². The van der Waals surface area contributed by atoms with Crippen LogP contribution < -0.4 is 10.1 Å². The normalized spacial score (nSPS) is 10.6. The summed E-state index contributed by atoms with van der Waals surface area (Å²) in [6.07, 6.45) is 3.59. The summed E-state index contributed by atoms with van der Waals surface area (Å²) in [5.41, 5.74) is 2.76. The zero-order chi connectivity index (χ0) is 18.5. The van der Waals surface area contributed by atoms with Crippen LogP contribution in [0.1, 0.15) is 5.56 Å². The van der Waals surface area contributed by atoms with Gasteiger partial charge in [0.1, 0.15) is 5.75 Å². The summed E-state index contributed by atoms with van der Waals surface area (Å²) >= 11 is 4.81. The van der Waals surface area contributed by atoms with Crippen molar-refractivity contribution in [1.82, 2.24) is 9.55 Å². The monoisotopic (exact) mass is 431 g/mol. The number of anilines is 1. The molecule has 0 bridgehead atoms. The van der Waals surface area contributed by atoms with E-state index in [0.29, 0.717) is 0 Å². The minimum atomic E-state index is -0.0689. The molecule has 7 heteroatoms. The number of carbonyl (C=O) groups excluding carboxylic acids is 1. The number of aromatic nitrogens is 2. The maximum Gasteiger partial charge on any atom is 0.234 e. The number of ether oxygens (including phenoxy) is 1. The highest BCUT2D eigenvalue weighted by atomic mass is 79.9. The Morgan fingerprint density at radius 3 is 2.92 bits per heavy atom. The number of nitrogens with zero attached hydrogens (tertiary/aromatic N) is 2. The highest BCUT2D eigenvalue weighted by Gasteiger charge is 2.11. The van der Waals surface area contributed by atoms with E-state index in [-0.39, 0.29) is 11.7 Å². The molecule has 0 atom stereocenters. The topological polar surface area (TPSA) is 56.2 Å². The summed E-state index contributed by atoms with van der Waals surface area (Å²) in [6.45, 7) is 1.96. The van der Waals surface area contributed by atoms with E-state index < -0.39 is 0 Å². The Kier molecular flexibility index (Phi) is 6.00. The van der Waals surface area contributed by atoms with Gasteiger partial charge in [0.05, 0.1) is 18.6 Å². The molecule has 1 heterocycles. The fourth-order valence-corrected chi connectivity index (χ4v) is 3.69. The number of hydrogen-bond donors (Lipinski definition) is 1. The molecule has 0 aliphatic rings. The predicted molar refractivity (Wildman–Crippen MR) is 108 cm³/mol. The first kappa shape index (κ1) is 18.5. The van der Waals surface area contributed by atoms with Crippen molar-refractivity contribution in [2.45, 2.75) is 12.1 Å². The molecule has 0 unspecified atom stereocenters. The molecule has 0 aliphatic carbocycles. The number of methoxy groups -OCH3 is 1. The largest absolute Gasteiger partial charge is 0.497 e. The van der Waals surface area contributed by atoms with Crippen LogP contribution in [0.3, 0.4) is 0 Å². The fourth-order valence-electron chi connectivity index (χ4n) is 2.44. The summed E-state index contributed by atoms with van der Waals surface area (Å²) < 4.78 is 8.19. The van der Waals surface area contributed by atoms with E-state index in [1.165, 1.54) is 11.8 Å². The number of rotatable bonds is 6.